The van der Waals surface area contributed by atoms with Crippen LogP contribution in [0.4, 0.5) is 11.4 Å². The molecule has 1 unspecified atom stereocenters. The smallest absolute Gasteiger partial charge is 0.357 e. The fourth-order valence-electron chi connectivity index (χ4n) is 4.82. The monoisotopic (exact) mass is 592 g/mol. The van der Waals surface area contributed by atoms with Crippen LogP contribution in [-0.2, 0) is 34.0 Å². The van der Waals surface area contributed by atoms with E-state index in [0.717, 1.165) is 16.8 Å². The van der Waals surface area contributed by atoms with E-state index in [1.807, 2.05) is 19.9 Å². The van der Waals surface area contributed by atoms with Crippen LogP contribution in [0.3, 0.4) is 0 Å². The van der Waals surface area contributed by atoms with E-state index in [1.165, 1.54) is 0 Å². The Labute approximate surface area is 238 Å². The number of rotatable bonds is 21. The van der Waals surface area contributed by atoms with Gasteiger partial charge >= 0.3 is 10.3 Å². The Bertz CT molecular complexity index is 974. The fraction of sp³-hybridized carbons (Fsp3) is 0.778. The van der Waals surface area contributed by atoms with E-state index in [0.29, 0.717) is 84.7 Å². The van der Waals surface area contributed by atoms with E-state index in [4.69, 9.17) is 28.8 Å². The Balaban J connectivity index is 1.81. The van der Waals surface area contributed by atoms with Crippen LogP contribution in [0.25, 0.3) is 0 Å². The van der Waals surface area contributed by atoms with E-state index in [-0.39, 0.29) is 30.6 Å². The van der Waals surface area contributed by atoms with Crippen molar-refractivity contribution in [2.24, 2.45) is 0 Å². The van der Waals surface area contributed by atoms with Crippen LogP contribution < -0.4 is 9.62 Å². The maximum Gasteiger partial charge on any atom is 0.357 e. The van der Waals surface area contributed by atoms with Crippen molar-refractivity contribution in [1.29, 1.82) is 0 Å². The number of anilines is 2. The van der Waals surface area contributed by atoms with Gasteiger partial charge in [-0.3, -0.25) is 9.27 Å². The van der Waals surface area contributed by atoms with Crippen LogP contribution in [-0.4, -0.2) is 115 Å². The summed E-state index contributed by atoms with van der Waals surface area (Å²) in [5, 5.41) is 18.7. The highest BCUT2D eigenvalue weighted by Crippen LogP contribution is 2.46. The van der Waals surface area contributed by atoms with Gasteiger partial charge in [-0.1, -0.05) is 13.8 Å². The number of hydrogen-bond acceptors (Lipinski definition) is 10. The van der Waals surface area contributed by atoms with Crippen LogP contribution in [0.5, 0.6) is 0 Å². The van der Waals surface area contributed by atoms with Crippen LogP contribution in [0.15, 0.2) is 12.1 Å². The number of aliphatic hydroxyl groups excluding tert-OH is 2. The molecule has 0 saturated heterocycles. The standard InChI is InChI=1S/C27H48N2O10S/c1-21(2)23-18-26-24(17-25(23)28-40(32,33)34)22(20-31)19-27(3,4)29(26)5-7-35-9-11-37-13-15-39-16-14-38-12-10-36-8-6-30/h17-18,21-22,28,30-31H,5-16,19-20H2,1-4H3,(H,32,33,34). The molecule has 40 heavy (non-hydrogen) atoms. The molecule has 0 aromatic heterocycles. The highest BCUT2D eigenvalue weighted by molar-refractivity contribution is 7.87. The number of nitrogens with zero attached hydrogens (tertiary/aromatic N) is 1. The molecule has 4 N–H and O–H groups in total. The second-order valence-electron chi connectivity index (χ2n) is 10.6. The van der Waals surface area contributed by atoms with Gasteiger partial charge in [0.25, 0.3) is 0 Å². The molecule has 13 heteroatoms. The lowest BCUT2D eigenvalue weighted by Crippen LogP contribution is -2.50. The Kier molecular flexibility index (Phi) is 15.1. The summed E-state index contributed by atoms with van der Waals surface area (Å²) in [5.74, 6) is -0.172. The number of aliphatic hydroxyl groups is 2. The summed E-state index contributed by atoms with van der Waals surface area (Å²) in [7, 11) is -4.44. The zero-order valence-corrected chi connectivity index (χ0v) is 25.1. The Morgan fingerprint density at radius 1 is 0.900 bits per heavy atom. The molecular weight excluding hydrogens is 544 g/mol. The zero-order chi connectivity index (χ0) is 29.6. The van der Waals surface area contributed by atoms with E-state index in [1.54, 1.807) is 6.07 Å². The first kappa shape index (κ1) is 34.7. The highest BCUT2D eigenvalue weighted by Gasteiger charge is 2.38. The van der Waals surface area contributed by atoms with Crippen molar-refractivity contribution in [2.75, 3.05) is 95.4 Å². The molecule has 0 radical (unpaired) electrons. The van der Waals surface area contributed by atoms with Crippen molar-refractivity contribution in [3.05, 3.63) is 23.3 Å². The second-order valence-corrected chi connectivity index (χ2v) is 11.7. The summed E-state index contributed by atoms with van der Waals surface area (Å²) in [5.41, 5.74) is 2.58. The van der Waals surface area contributed by atoms with Gasteiger partial charge in [0.1, 0.15) is 0 Å². The normalized spacial score (nSPS) is 16.9. The topological polar surface area (TPSA) is 156 Å². The highest BCUT2D eigenvalue weighted by atomic mass is 32.2. The number of hydrogen-bond donors (Lipinski definition) is 4. The third kappa shape index (κ3) is 11.7. The molecule has 232 valence electrons. The van der Waals surface area contributed by atoms with Crippen LogP contribution in [0.2, 0.25) is 0 Å². The van der Waals surface area contributed by atoms with Gasteiger partial charge < -0.3 is 38.8 Å². The number of benzene rings is 1. The molecule has 1 aromatic carbocycles. The largest absolute Gasteiger partial charge is 0.396 e. The predicted octanol–water partition coefficient (Wildman–Crippen LogP) is 2.16. The van der Waals surface area contributed by atoms with Gasteiger partial charge in [0.15, 0.2) is 0 Å². The van der Waals surface area contributed by atoms with Crippen LogP contribution in [0.1, 0.15) is 57.1 Å². The van der Waals surface area contributed by atoms with Gasteiger partial charge in [-0.2, -0.15) is 8.42 Å². The number of nitrogens with one attached hydrogen (secondary N) is 1. The molecule has 0 amide bonds. The van der Waals surface area contributed by atoms with Crippen molar-refractivity contribution in [3.8, 4) is 0 Å². The molecule has 1 aliphatic heterocycles. The van der Waals surface area contributed by atoms with E-state index >= 15 is 0 Å². The van der Waals surface area contributed by atoms with Gasteiger partial charge in [-0.25, -0.2) is 0 Å². The second kappa shape index (κ2) is 17.4. The lowest BCUT2D eigenvalue weighted by Gasteiger charge is -2.48. The Hall–Kier alpha value is -1.55. The van der Waals surface area contributed by atoms with E-state index in [9.17, 15) is 18.1 Å². The van der Waals surface area contributed by atoms with Crippen molar-refractivity contribution in [3.63, 3.8) is 0 Å². The first-order valence-electron chi connectivity index (χ1n) is 13.8. The minimum Gasteiger partial charge on any atom is -0.396 e. The fourth-order valence-corrected chi connectivity index (χ4v) is 5.28. The maximum absolute atomic E-state index is 11.6. The van der Waals surface area contributed by atoms with Gasteiger partial charge in [0, 0.05) is 23.7 Å². The zero-order valence-electron chi connectivity index (χ0n) is 24.3. The molecule has 1 aromatic rings. The molecule has 0 fully saturated rings. The Morgan fingerprint density at radius 3 is 1.85 bits per heavy atom. The molecule has 0 aliphatic carbocycles. The van der Waals surface area contributed by atoms with Crippen molar-refractivity contribution in [1.82, 2.24) is 0 Å². The molecule has 2 rings (SSSR count). The lowest BCUT2D eigenvalue weighted by atomic mass is 9.78. The van der Waals surface area contributed by atoms with E-state index < -0.39 is 10.3 Å². The summed E-state index contributed by atoms with van der Waals surface area (Å²) >= 11 is 0. The van der Waals surface area contributed by atoms with Gasteiger partial charge in [-0.15, -0.1) is 0 Å². The molecule has 1 aliphatic rings. The minimum atomic E-state index is -4.44. The van der Waals surface area contributed by atoms with Gasteiger partial charge in [0.2, 0.25) is 0 Å². The van der Waals surface area contributed by atoms with Crippen molar-refractivity contribution in [2.45, 2.75) is 51.5 Å². The maximum atomic E-state index is 11.6. The molecule has 0 spiro atoms. The molecule has 0 bridgehead atoms. The average molecular weight is 593 g/mol. The van der Waals surface area contributed by atoms with Crippen LogP contribution >= 0.6 is 0 Å². The molecular formula is C27H48N2O10S. The number of ether oxygens (including phenoxy) is 5. The van der Waals surface area contributed by atoms with Gasteiger partial charge in [0.05, 0.1) is 85.0 Å². The Morgan fingerprint density at radius 2 is 1.40 bits per heavy atom. The quantitative estimate of drug-likeness (QED) is 0.123. The first-order valence-corrected chi connectivity index (χ1v) is 15.2. The number of fused-ring (bicyclic) bond motifs is 1. The predicted molar refractivity (Wildman–Crippen MR) is 153 cm³/mol. The van der Waals surface area contributed by atoms with Crippen molar-refractivity contribution < 1.29 is 46.9 Å². The van der Waals surface area contributed by atoms with Crippen molar-refractivity contribution >= 4 is 21.7 Å². The third-order valence-corrected chi connectivity index (χ3v) is 7.15. The average Bonchev–Trinajstić information content (AvgIpc) is 2.87. The molecule has 1 atom stereocenters. The summed E-state index contributed by atoms with van der Waals surface area (Å²) in [6.45, 7) is 13.1. The summed E-state index contributed by atoms with van der Waals surface area (Å²) in [6.07, 6.45) is 0.675. The van der Waals surface area contributed by atoms with E-state index in [2.05, 4.69) is 23.5 Å². The molecule has 12 nitrogen and oxygen atoms in total. The van der Waals surface area contributed by atoms with Crippen LogP contribution in [0, 0.1) is 0 Å². The third-order valence-electron chi connectivity index (χ3n) is 6.67. The molecule has 1 heterocycles. The summed E-state index contributed by atoms with van der Waals surface area (Å²) < 4.78 is 62.1. The SMILES string of the molecule is CC(C)c1cc2c(cc1NS(=O)(=O)O)C(CO)CC(C)(C)N2CCOCCOCCOCCOCCOCCO. The first-order chi connectivity index (χ1) is 19.0. The lowest BCUT2D eigenvalue weighted by molar-refractivity contribution is -0.0130. The summed E-state index contributed by atoms with van der Waals surface area (Å²) in [4.78, 5) is 2.24. The summed E-state index contributed by atoms with van der Waals surface area (Å²) in [6, 6.07) is 3.69. The van der Waals surface area contributed by atoms with Gasteiger partial charge in [-0.05, 0) is 49.4 Å². The molecule has 0 saturated carbocycles. The minimum absolute atomic E-state index is 0.00379.